The zero-order chi connectivity index (χ0) is 10.3. The summed E-state index contributed by atoms with van der Waals surface area (Å²) in [4.78, 5) is 1.41. The second-order valence-electron chi connectivity index (χ2n) is 3.69. The van der Waals surface area contributed by atoms with E-state index >= 15 is 0 Å². The number of hydrogen-bond acceptors (Lipinski definition) is 3. The molecule has 1 aromatic rings. The fourth-order valence-corrected chi connectivity index (χ4v) is 2.34. The predicted octanol–water partition coefficient (Wildman–Crippen LogP) is 2.57. The molecule has 1 aliphatic rings. The van der Waals surface area contributed by atoms with E-state index in [4.69, 9.17) is 4.74 Å². The van der Waals surface area contributed by atoms with Gasteiger partial charge in [0, 0.05) is 11.4 Å². The van der Waals surface area contributed by atoms with Crippen LogP contribution in [0.1, 0.15) is 17.7 Å². The molecule has 0 amide bonds. The number of nitrogens with one attached hydrogen (secondary N) is 1. The molecular formula is C12H17NOS. The summed E-state index contributed by atoms with van der Waals surface area (Å²) in [7, 11) is 0. The lowest BCUT2D eigenvalue weighted by Crippen LogP contribution is -2.16. The average molecular weight is 223 g/mol. The van der Waals surface area contributed by atoms with Crippen LogP contribution in [0.4, 0.5) is 0 Å². The lowest BCUT2D eigenvalue weighted by molar-refractivity contribution is 0.153. The molecule has 15 heavy (non-hydrogen) atoms. The second kappa shape index (κ2) is 6.05. The van der Waals surface area contributed by atoms with Gasteiger partial charge in [0.1, 0.15) is 0 Å². The molecule has 0 spiro atoms. The van der Waals surface area contributed by atoms with E-state index in [9.17, 15) is 0 Å². The molecule has 82 valence electrons. The Bertz CT molecular complexity index is 305. The van der Waals surface area contributed by atoms with Crippen molar-refractivity contribution in [1.29, 1.82) is 0 Å². The van der Waals surface area contributed by atoms with E-state index in [1.165, 1.54) is 4.88 Å². The minimum absolute atomic E-state index is 0.806. The fourth-order valence-electron chi connectivity index (χ4n) is 1.67. The van der Waals surface area contributed by atoms with Crippen LogP contribution in [0.2, 0.25) is 0 Å². The van der Waals surface area contributed by atoms with Crippen molar-refractivity contribution in [2.45, 2.75) is 19.4 Å². The minimum Gasteiger partial charge on any atom is -0.377 e. The Morgan fingerprint density at radius 1 is 1.47 bits per heavy atom. The molecule has 0 fully saturated rings. The zero-order valence-corrected chi connectivity index (χ0v) is 9.69. The Labute approximate surface area is 95.0 Å². The Morgan fingerprint density at radius 2 is 2.47 bits per heavy atom. The third-order valence-electron chi connectivity index (χ3n) is 2.56. The molecule has 2 heterocycles. The van der Waals surface area contributed by atoms with E-state index in [2.05, 4.69) is 28.9 Å². The van der Waals surface area contributed by atoms with Crippen molar-refractivity contribution in [3.8, 4) is 0 Å². The lowest BCUT2D eigenvalue weighted by atomic mass is 10.1. The van der Waals surface area contributed by atoms with Gasteiger partial charge in [-0.15, -0.1) is 11.3 Å². The van der Waals surface area contributed by atoms with Crippen LogP contribution in [-0.4, -0.2) is 19.8 Å². The molecule has 0 saturated heterocycles. The summed E-state index contributed by atoms with van der Waals surface area (Å²) in [5.74, 6) is 0. The number of thiophene rings is 1. The van der Waals surface area contributed by atoms with E-state index < -0.39 is 0 Å². The van der Waals surface area contributed by atoms with Crippen LogP contribution >= 0.6 is 11.3 Å². The molecule has 3 heteroatoms. The Balaban J connectivity index is 1.60. The molecule has 1 aliphatic heterocycles. The molecule has 0 bridgehead atoms. The molecule has 0 aliphatic carbocycles. The summed E-state index contributed by atoms with van der Waals surface area (Å²) in [6, 6.07) is 4.27. The first-order valence-corrected chi connectivity index (χ1v) is 6.32. The van der Waals surface area contributed by atoms with E-state index in [0.717, 1.165) is 39.1 Å². The quantitative estimate of drug-likeness (QED) is 0.612. The van der Waals surface area contributed by atoms with Crippen LogP contribution in [0.5, 0.6) is 0 Å². The molecule has 2 nitrogen and oxygen atoms in total. The maximum Gasteiger partial charge on any atom is 0.0650 e. The van der Waals surface area contributed by atoms with Crippen LogP contribution in [0.25, 0.3) is 0 Å². The largest absolute Gasteiger partial charge is 0.377 e. The normalized spacial score (nSPS) is 16.4. The Kier molecular flexibility index (Phi) is 4.39. The second-order valence-corrected chi connectivity index (χ2v) is 4.73. The highest BCUT2D eigenvalue weighted by atomic mass is 32.1. The minimum atomic E-state index is 0.806. The first-order chi connectivity index (χ1) is 7.45. The molecule has 0 atom stereocenters. The summed E-state index contributed by atoms with van der Waals surface area (Å²) in [5, 5.41) is 5.59. The van der Waals surface area contributed by atoms with Crippen molar-refractivity contribution in [2.75, 3.05) is 19.8 Å². The van der Waals surface area contributed by atoms with Crippen molar-refractivity contribution in [3.05, 3.63) is 34.0 Å². The molecule has 0 radical (unpaired) electrons. The molecule has 0 saturated carbocycles. The van der Waals surface area contributed by atoms with Gasteiger partial charge in [-0.3, -0.25) is 0 Å². The van der Waals surface area contributed by atoms with Gasteiger partial charge >= 0.3 is 0 Å². The van der Waals surface area contributed by atoms with Crippen LogP contribution in [-0.2, 0) is 11.3 Å². The monoisotopic (exact) mass is 223 g/mol. The third-order valence-corrected chi connectivity index (χ3v) is 3.44. The first-order valence-electron chi connectivity index (χ1n) is 5.44. The van der Waals surface area contributed by atoms with Crippen molar-refractivity contribution >= 4 is 11.3 Å². The average Bonchev–Trinajstić information content (AvgIpc) is 2.79. The van der Waals surface area contributed by atoms with E-state index in [1.807, 2.05) is 11.3 Å². The molecule has 2 rings (SSSR count). The maximum atomic E-state index is 5.27. The highest BCUT2D eigenvalue weighted by Crippen LogP contribution is 2.11. The van der Waals surface area contributed by atoms with Crippen molar-refractivity contribution in [1.82, 2.24) is 5.32 Å². The van der Waals surface area contributed by atoms with Gasteiger partial charge in [0.15, 0.2) is 0 Å². The SMILES string of the molecule is C1=C(CCNCc2cccs2)CCOC1. The molecular weight excluding hydrogens is 206 g/mol. The van der Waals surface area contributed by atoms with Gasteiger partial charge in [0.2, 0.25) is 0 Å². The number of hydrogen-bond donors (Lipinski definition) is 1. The van der Waals surface area contributed by atoms with Gasteiger partial charge in [-0.2, -0.15) is 0 Å². The third kappa shape index (κ3) is 3.78. The Hall–Kier alpha value is -0.640. The van der Waals surface area contributed by atoms with Gasteiger partial charge in [-0.25, -0.2) is 0 Å². The summed E-state index contributed by atoms with van der Waals surface area (Å²) in [6.45, 7) is 3.78. The van der Waals surface area contributed by atoms with Gasteiger partial charge in [-0.05, 0) is 30.8 Å². The highest BCUT2D eigenvalue weighted by Gasteiger charge is 2.02. The molecule has 1 N–H and O–H groups in total. The number of ether oxygens (including phenoxy) is 1. The van der Waals surface area contributed by atoms with E-state index in [1.54, 1.807) is 5.57 Å². The van der Waals surface area contributed by atoms with Crippen molar-refractivity contribution < 1.29 is 4.74 Å². The van der Waals surface area contributed by atoms with Crippen LogP contribution in [0, 0.1) is 0 Å². The lowest BCUT2D eigenvalue weighted by Gasteiger charge is -2.13. The van der Waals surface area contributed by atoms with Gasteiger partial charge < -0.3 is 10.1 Å². The maximum absolute atomic E-state index is 5.27. The first kappa shape index (κ1) is 10.9. The zero-order valence-electron chi connectivity index (χ0n) is 8.87. The van der Waals surface area contributed by atoms with Crippen molar-refractivity contribution in [3.63, 3.8) is 0 Å². The van der Waals surface area contributed by atoms with E-state index in [-0.39, 0.29) is 0 Å². The number of rotatable bonds is 5. The summed E-state index contributed by atoms with van der Waals surface area (Å²) < 4.78 is 5.27. The van der Waals surface area contributed by atoms with Gasteiger partial charge in [0.05, 0.1) is 13.2 Å². The smallest absolute Gasteiger partial charge is 0.0650 e. The van der Waals surface area contributed by atoms with Gasteiger partial charge in [0.25, 0.3) is 0 Å². The van der Waals surface area contributed by atoms with Gasteiger partial charge in [-0.1, -0.05) is 17.7 Å². The molecule has 1 aromatic heterocycles. The van der Waals surface area contributed by atoms with Crippen molar-refractivity contribution in [2.24, 2.45) is 0 Å². The van der Waals surface area contributed by atoms with E-state index in [0.29, 0.717) is 0 Å². The fraction of sp³-hybridized carbons (Fsp3) is 0.500. The predicted molar refractivity (Wildman–Crippen MR) is 64.2 cm³/mol. The highest BCUT2D eigenvalue weighted by molar-refractivity contribution is 7.09. The summed E-state index contributed by atoms with van der Waals surface area (Å²) >= 11 is 1.81. The topological polar surface area (TPSA) is 21.3 Å². The van der Waals surface area contributed by atoms with Crippen LogP contribution in [0.3, 0.4) is 0 Å². The molecule has 0 unspecified atom stereocenters. The van der Waals surface area contributed by atoms with Crippen LogP contribution in [0.15, 0.2) is 29.2 Å². The standard InChI is InChI=1S/C12H17NOS/c1-2-12(15-9-1)10-13-6-3-11-4-7-14-8-5-11/h1-2,4,9,13H,3,5-8,10H2. The Morgan fingerprint density at radius 3 is 3.20 bits per heavy atom. The summed E-state index contributed by atoms with van der Waals surface area (Å²) in [6.07, 6.45) is 4.49. The van der Waals surface area contributed by atoms with Crippen LogP contribution < -0.4 is 5.32 Å². The summed E-state index contributed by atoms with van der Waals surface area (Å²) in [5.41, 5.74) is 1.54. The molecule has 0 aromatic carbocycles.